The van der Waals surface area contributed by atoms with Gasteiger partial charge >= 0.3 is 0 Å². The first kappa shape index (κ1) is 19.9. The van der Waals surface area contributed by atoms with E-state index >= 15 is 0 Å². The van der Waals surface area contributed by atoms with Gasteiger partial charge in [-0.05, 0) is 69.6 Å². The molecule has 1 heterocycles. The number of carbonyl (C=O) groups is 1. The van der Waals surface area contributed by atoms with Crippen molar-refractivity contribution in [2.45, 2.75) is 26.3 Å². The standard InChI is InChI=1S/C17H26FN3O.ClH/c1-13-3-4-15(9-16(13)18)11-20-17(22)12-21-7-5-14(6-8-21)10-19-2;/h3-4,9,14,19H,5-8,10-12H2,1-2H3,(H,20,22);1H. The van der Waals surface area contributed by atoms with Crippen LogP contribution in [0.2, 0.25) is 0 Å². The van der Waals surface area contributed by atoms with Crippen LogP contribution in [-0.2, 0) is 11.3 Å². The van der Waals surface area contributed by atoms with Crippen molar-refractivity contribution in [3.63, 3.8) is 0 Å². The Morgan fingerprint density at radius 3 is 2.65 bits per heavy atom. The number of nitrogens with zero attached hydrogens (tertiary/aromatic N) is 1. The molecule has 1 amide bonds. The van der Waals surface area contributed by atoms with Crippen molar-refractivity contribution < 1.29 is 9.18 Å². The molecular weight excluding hydrogens is 317 g/mol. The Morgan fingerprint density at radius 1 is 1.35 bits per heavy atom. The van der Waals surface area contributed by atoms with Crippen molar-refractivity contribution in [3.8, 4) is 0 Å². The number of halogens is 2. The van der Waals surface area contributed by atoms with Crippen molar-refractivity contribution in [3.05, 3.63) is 35.1 Å². The summed E-state index contributed by atoms with van der Waals surface area (Å²) in [6.45, 7) is 5.54. The lowest BCUT2D eigenvalue weighted by Crippen LogP contribution is -2.42. The molecule has 0 aliphatic carbocycles. The van der Waals surface area contributed by atoms with Crippen LogP contribution in [0.3, 0.4) is 0 Å². The number of likely N-dealkylation sites (tertiary alicyclic amines) is 1. The van der Waals surface area contributed by atoms with Gasteiger partial charge in [0.25, 0.3) is 0 Å². The van der Waals surface area contributed by atoms with Gasteiger partial charge in [0.2, 0.25) is 5.91 Å². The van der Waals surface area contributed by atoms with Crippen LogP contribution in [0.15, 0.2) is 18.2 Å². The number of piperidine rings is 1. The first-order chi connectivity index (χ1) is 10.6. The van der Waals surface area contributed by atoms with E-state index in [9.17, 15) is 9.18 Å². The lowest BCUT2D eigenvalue weighted by molar-refractivity contribution is -0.122. The Balaban J connectivity index is 0.00000264. The Labute approximate surface area is 144 Å². The number of nitrogens with one attached hydrogen (secondary N) is 2. The van der Waals surface area contributed by atoms with E-state index in [2.05, 4.69) is 15.5 Å². The molecule has 4 nitrogen and oxygen atoms in total. The van der Waals surface area contributed by atoms with E-state index < -0.39 is 0 Å². The third-order valence-corrected chi connectivity index (χ3v) is 4.29. The van der Waals surface area contributed by atoms with Gasteiger partial charge in [-0.15, -0.1) is 12.4 Å². The molecule has 1 fully saturated rings. The van der Waals surface area contributed by atoms with E-state index in [-0.39, 0.29) is 24.1 Å². The number of rotatable bonds is 6. The second-order valence-electron chi connectivity index (χ2n) is 6.14. The van der Waals surface area contributed by atoms with Gasteiger partial charge in [-0.3, -0.25) is 9.69 Å². The number of amides is 1. The van der Waals surface area contributed by atoms with Crippen molar-refractivity contribution in [2.24, 2.45) is 5.92 Å². The summed E-state index contributed by atoms with van der Waals surface area (Å²) in [5.41, 5.74) is 1.42. The van der Waals surface area contributed by atoms with E-state index in [4.69, 9.17) is 0 Å². The Kier molecular flexibility index (Phi) is 8.52. The first-order valence-electron chi connectivity index (χ1n) is 7.97. The molecule has 0 saturated carbocycles. The van der Waals surface area contributed by atoms with Crippen LogP contribution in [0.25, 0.3) is 0 Å². The van der Waals surface area contributed by atoms with E-state index in [1.165, 1.54) is 6.07 Å². The zero-order valence-corrected chi connectivity index (χ0v) is 14.7. The third kappa shape index (κ3) is 6.45. The molecule has 6 heteroatoms. The zero-order valence-electron chi connectivity index (χ0n) is 13.9. The van der Waals surface area contributed by atoms with Gasteiger partial charge in [-0.1, -0.05) is 12.1 Å². The number of aryl methyl sites for hydroxylation is 1. The van der Waals surface area contributed by atoms with Gasteiger partial charge < -0.3 is 10.6 Å². The van der Waals surface area contributed by atoms with Crippen molar-refractivity contribution in [1.82, 2.24) is 15.5 Å². The molecule has 1 aliphatic rings. The minimum atomic E-state index is -0.224. The SMILES string of the molecule is CNCC1CCN(CC(=O)NCc2ccc(C)c(F)c2)CC1.Cl. The molecule has 0 spiro atoms. The van der Waals surface area contributed by atoms with E-state index in [0.717, 1.165) is 44.0 Å². The molecule has 2 rings (SSSR count). The molecule has 2 N–H and O–H groups in total. The highest BCUT2D eigenvalue weighted by atomic mass is 35.5. The van der Waals surface area contributed by atoms with Crippen molar-refractivity contribution >= 4 is 18.3 Å². The average molecular weight is 344 g/mol. The molecule has 0 bridgehead atoms. The molecule has 1 saturated heterocycles. The maximum atomic E-state index is 13.4. The van der Waals surface area contributed by atoms with E-state index in [1.54, 1.807) is 13.0 Å². The van der Waals surface area contributed by atoms with Gasteiger partial charge in [-0.25, -0.2) is 4.39 Å². The van der Waals surface area contributed by atoms with Crippen molar-refractivity contribution in [1.29, 1.82) is 0 Å². The van der Waals surface area contributed by atoms with Gasteiger partial charge in [0, 0.05) is 6.54 Å². The van der Waals surface area contributed by atoms with Crippen LogP contribution < -0.4 is 10.6 Å². The van der Waals surface area contributed by atoms with Crippen LogP contribution in [-0.4, -0.2) is 44.0 Å². The lowest BCUT2D eigenvalue weighted by atomic mass is 9.97. The predicted octanol–water partition coefficient (Wildman–Crippen LogP) is 2.10. The molecule has 1 aliphatic heterocycles. The van der Waals surface area contributed by atoms with Crippen LogP contribution in [0.1, 0.15) is 24.0 Å². The second-order valence-corrected chi connectivity index (χ2v) is 6.14. The highest BCUT2D eigenvalue weighted by Crippen LogP contribution is 2.15. The van der Waals surface area contributed by atoms with Crippen LogP contribution in [0.5, 0.6) is 0 Å². The van der Waals surface area contributed by atoms with Gasteiger partial charge in [0.1, 0.15) is 5.82 Å². The highest BCUT2D eigenvalue weighted by Gasteiger charge is 2.20. The molecule has 1 aromatic rings. The summed E-state index contributed by atoms with van der Waals surface area (Å²) in [6.07, 6.45) is 2.27. The largest absolute Gasteiger partial charge is 0.351 e. The van der Waals surface area contributed by atoms with Crippen LogP contribution in [0, 0.1) is 18.7 Å². The van der Waals surface area contributed by atoms with Crippen LogP contribution in [0.4, 0.5) is 4.39 Å². The van der Waals surface area contributed by atoms with E-state index in [1.807, 2.05) is 13.1 Å². The minimum Gasteiger partial charge on any atom is -0.351 e. The quantitative estimate of drug-likeness (QED) is 0.831. The molecule has 0 atom stereocenters. The number of carbonyl (C=O) groups excluding carboxylic acids is 1. The highest BCUT2D eigenvalue weighted by molar-refractivity contribution is 5.85. The zero-order chi connectivity index (χ0) is 15.9. The molecule has 23 heavy (non-hydrogen) atoms. The maximum Gasteiger partial charge on any atom is 0.234 e. The second kappa shape index (κ2) is 9.85. The monoisotopic (exact) mass is 343 g/mol. The summed E-state index contributed by atoms with van der Waals surface area (Å²) in [5, 5.41) is 6.08. The molecular formula is C17H27ClFN3O. The third-order valence-electron chi connectivity index (χ3n) is 4.29. The number of hydrogen-bond acceptors (Lipinski definition) is 3. The molecule has 130 valence electrons. The minimum absolute atomic E-state index is 0. The van der Waals surface area contributed by atoms with Gasteiger partial charge in [-0.2, -0.15) is 0 Å². The lowest BCUT2D eigenvalue weighted by Gasteiger charge is -2.31. The van der Waals surface area contributed by atoms with Crippen LogP contribution >= 0.6 is 12.4 Å². The fourth-order valence-electron chi connectivity index (χ4n) is 2.84. The first-order valence-corrected chi connectivity index (χ1v) is 7.97. The van der Waals surface area contributed by atoms with Gasteiger partial charge in [0.15, 0.2) is 0 Å². The Morgan fingerprint density at radius 2 is 2.04 bits per heavy atom. The molecule has 1 aromatic carbocycles. The number of hydrogen-bond donors (Lipinski definition) is 2. The van der Waals surface area contributed by atoms with Gasteiger partial charge in [0.05, 0.1) is 6.54 Å². The predicted molar refractivity (Wildman–Crippen MR) is 93.3 cm³/mol. The summed E-state index contributed by atoms with van der Waals surface area (Å²) < 4.78 is 13.4. The topological polar surface area (TPSA) is 44.4 Å². The number of benzene rings is 1. The summed E-state index contributed by atoms with van der Waals surface area (Å²) in [6, 6.07) is 5.07. The molecule has 0 radical (unpaired) electrons. The normalized spacial score (nSPS) is 16.0. The maximum absolute atomic E-state index is 13.4. The van der Waals surface area contributed by atoms with Crippen molar-refractivity contribution in [2.75, 3.05) is 33.2 Å². The Hall–Kier alpha value is -1.17. The average Bonchev–Trinajstić information content (AvgIpc) is 2.51. The summed E-state index contributed by atoms with van der Waals surface area (Å²) in [5.74, 6) is 0.506. The molecule has 0 aromatic heterocycles. The fourth-order valence-corrected chi connectivity index (χ4v) is 2.84. The summed E-state index contributed by atoms with van der Waals surface area (Å²) >= 11 is 0. The molecule has 0 unspecified atom stereocenters. The Bertz CT molecular complexity index is 505. The van der Waals surface area contributed by atoms with E-state index in [0.29, 0.717) is 18.7 Å². The smallest absolute Gasteiger partial charge is 0.234 e. The summed E-state index contributed by atoms with van der Waals surface area (Å²) in [4.78, 5) is 14.2. The summed E-state index contributed by atoms with van der Waals surface area (Å²) in [7, 11) is 1.98. The fraction of sp³-hybridized carbons (Fsp3) is 0.588.